The zero-order valence-electron chi connectivity index (χ0n) is 11.7. The lowest BCUT2D eigenvalue weighted by Crippen LogP contribution is -2.18. The van der Waals surface area contributed by atoms with Gasteiger partial charge in [-0.05, 0) is 6.42 Å². The molecule has 0 saturated carbocycles. The van der Waals surface area contributed by atoms with Crippen molar-refractivity contribution in [3.05, 3.63) is 11.9 Å². The van der Waals surface area contributed by atoms with Crippen LogP contribution in [0.3, 0.4) is 0 Å². The summed E-state index contributed by atoms with van der Waals surface area (Å²) >= 11 is 0. The fourth-order valence-electron chi connectivity index (χ4n) is 1.37. The highest BCUT2D eigenvalue weighted by molar-refractivity contribution is 7.90. The van der Waals surface area contributed by atoms with Gasteiger partial charge in [-0.1, -0.05) is 6.92 Å². The summed E-state index contributed by atoms with van der Waals surface area (Å²) < 4.78 is 60.1. The molecule has 0 unspecified atom stereocenters. The molecule has 1 heterocycles. The fraction of sp³-hybridized carbons (Fsp3) is 0.636. The van der Waals surface area contributed by atoms with Gasteiger partial charge in [0.1, 0.15) is 21.5 Å². The van der Waals surface area contributed by atoms with Gasteiger partial charge in [0.05, 0.1) is 5.75 Å². The number of nitrogens with one attached hydrogen (secondary N) is 2. The Bertz CT molecular complexity index is 575. The molecule has 0 fully saturated rings. The van der Waals surface area contributed by atoms with Gasteiger partial charge in [0.25, 0.3) is 0 Å². The molecule has 0 saturated heterocycles. The van der Waals surface area contributed by atoms with E-state index in [4.69, 9.17) is 0 Å². The first-order chi connectivity index (χ1) is 9.62. The topological polar surface area (TPSA) is 84.0 Å². The van der Waals surface area contributed by atoms with Crippen molar-refractivity contribution in [1.82, 2.24) is 9.97 Å². The Labute approximate surface area is 121 Å². The van der Waals surface area contributed by atoms with Gasteiger partial charge in [0, 0.05) is 25.4 Å². The van der Waals surface area contributed by atoms with Crippen LogP contribution in [0, 0.1) is 0 Å². The van der Waals surface area contributed by atoms with Crippen LogP contribution in [0.4, 0.5) is 24.8 Å². The number of halogens is 3. The number of anilines is 2. The van der Waals surface area contributed by atoms with E-state index >= 15 is 0 Å². The Hall–Kier alpha value is -1.58. The zero-order valence-corrected chi connectivity index (χ0v) is 12.5. The third-order valence-corrected chi connectivity index (χ3v) is 3.26. The van der Waals surface area contributed by atoms with Crippen LogP contribution in [0.5, 0.6) is 0 Å². The van der Waals surface area contributed by atoms with E-state index in [9.17, 15) is 21.6 Å². The van der Waals surface area contributed by atoms with Crippen molar-refractivity contribution >= 4 is 21.5 Å². The monoisotopic (exact) mass is 326 g/mol. The smallest absolute Gasteiger partial charge is 0.370 e. The minimum atomic E-state index is -4.67. The lowest BCUT2D eigenvalue weighted by atomic mass is 10.4. The number of sulfone groups is 1. The molecule has 1 rings (SSSR count). The molecule has 120 valence electrons. The van der Waals surface area contributed by atoms with Gasteiger partial charge in [-0.3, -0.25) is 0 Å². The second-order valence-electron chi connectivity index (χ2n) is 4.44. The molecule has 10 heteroatoms. The molecule has 6 nitrogen and oxygen atoms in total. The molecular formula is C11H17F3N4O2S. The molecule has 0 bridgehead atoms. The summed E-state index contributed by atoms with van der Waals surface area (Å²) in [6.07, 6.45) is -2.90. The van der Waals surface area contributed by atoms with Crippen molar-refractivity contribution < 1.29 is 21.6 Å². The normalized spacial score (nSPS) is 12.2. The fourth-order valence-corrected chi connectivity index (χ4v) is 1.85. The molecule has 2 N–H and O–H groups in total. The quantitative estimate of drug-likeness (QED) is 0.794. The van der Waals surface area contributed by atoms with Gasteiger partial charge in [0.15, 0.2) is 0 Å². The van der Waals surface area contributed by atoms with Crippen LogP contribution >= 0.6 is 0 Å². The van der Waals surface area contributed by atoms with Crippen molar-refractivity contribution in [3.63, 3.8) is 0 Å². The first kappa shape index (κ1) is 17.5. The Morgan fingerprint density at radius 1 is 1.14 bits per heavy atom. The van der Waals surface area contributed by atoms with E-state index in [2.05, 4.69) is 20.6 Å². The maximum Gasteiger partial charge on any atom is 0.451 e. The molecule has 0 aliphatic carbocycles. The lowest BCUT2D eigenvalue weighted by Gasteiger charge is -2.12. The van der Waals surface area contributed by atoms with Crippen LogP contribution in [-0.4, -0.2) is 43.5 Å². The summed E-state index contributed by atoms with van der Waals surface area (Å²) in [7, 11) is -3.20. The Kier molecular flexibility index (Phi) is 5.76. The van der Waals surface area contributed by atoms with E-state index < -0.39 is 21.8 Å². The highest BCUT2D eigenvalue weighted by Crippen LogP contribution is 2.28. The number of hydrogen-bond acceptors (Lipinski definition) is 6. The highest BCUT2D eigenvalue weighted by atomic mass is 32.2. The van der Waals surface area contributed by atoms with E-state index in [-0.39, 0.29) is 23.9 Å². The third kappa shape index (κ3) is 6.61. The Morgan fingerprint density at radius 3 is 2.10 bits per heavy atom. The average molecular weight is 326 g/mol. The van der Waals surface area contributed by atoms with Crippen LogP contribution in [0.25, 0.3) is 0 Å². The van der Waals surface area contributed by atoms with Crippen molar-refractivity contribution in [3.8, 4) is 0 Å². The van der Waals surface area contributed by atoms with E-state index in [1.165, 1.54) is 6.07 Å². The lowest BCUT2D eigenvalue weighted by molar-refractivity contribution is -0.144. The van der Waals surface area contributed by atoms with Gasteiger partial charge in [0.2, 0.25) is 5.82 Å². The van der Waals surface area contributed by atoms with Crippen LogP contribution in [0.1, 0.15) is 19.2 Å². The second-order valence-corrected chi connectivity index (χ2v) is 6.70. The Balaban J connectivity index is 2.91. The average Bonchev–Trinajstić information content (AvgIpc) is 2.33. The number of rotatable bonds is 7. The van der Waals surface area contributed by atoms with Crippen LogP contribution in [-0.2, 0) is 16.0 Å². The maximum absolute atomic E-state index is 12.7. The summed E-state index contributed by atoms with van der Waals surface area (Å²) in [5, 5.41) is 5.30. The first-order valence-electron chi connectivity index (χ1n) is 6.23. The summed E-state index contributed by atoms with van der Waals surface area (Å²) in [5.41, 5.74) is 0. The molecular weight excluding hydrogens is 309 g/mol. The maximum atomic E-state index is 12.7. The molecule has 0 aromatic carbocycles. The zero-order chi connectivity index (χ0) is 16.1. The molecule has 0 amide bonds. The third-order valence-electron chi connectivity index (χ3n) is 2.31. The van der Waals surface area contributed by atoms with Crippen LogP contribution < -0.4 is 10.6 Å². The van der Waals surface area contributed by atoms with Gasteiger partial charge in [-0.15, -0.1) is 0 Å². The summed E-state index contributed by atoms with van der Waals surface area (Å²) in [6, 6.07) is 1.31. The van der Waals surface area contributed by atoms with Gasteiger partial charge in [-0.25, -0.2) is 18.4 Å². The molecule has 0 spiro atoms. The van der Waals surface area contributed by atoms with Crippen molar-refractivity contribution in [1.29, 1.82) is 0 Å². The minimum Gasteiger partial charge on any atom is -0.370 e. The van der Waals surface area contributed by atoms with E-state index in [1.807, 2.05) is 6.92 Å². The molecule has 0 radical (unpaired) electrons. The second kappa shape index (κ2) is 6.92. The summed E-state index contributed by atoms with van der Waals surface area (Å²) in [6.45, 7) is 2.31. The molecule has 0 atom stereocenters. The number of aromatic nitrogens is 2. The van der Waals surface area contributed by atoms with Gasteiger partial charge < -0.3 is 10.6 Å². The van der Waals surface area contributed by atoms with Crippen molar-refractivity contribution in [2.75, 3.05) is 35.7 Å². The van der Waals surface area contributed by atoms with Crippen LogP contribution in [0.15, 0.2) is 6.07 Å². The number of alkyl halides is 3. The first-order valence-corrected chi connectivity index (χ1v) is 8.29. The van der Waals surface area contributed by atoms with Crippen LogP contribution in [0.2, 0.25) is 0 Å². The van der Waals surface area contributed by atoms with E-state index in [0.717, 1.165) is 12.7 Å². The number of nitrogens with zero attached hydrogens (tertiary/aromatic N) is 2. The summed E-state index contributed by atoms with van der Waals surface area (Å²) in [5.74, 6) is -1.50. The van der Waals surface area contributed by atoms with Crippen molar-refractivity contribution in [2.45, 2.75) is 19.5 Å². The summed E-state index contributed by atoms with van der Waals surface area (Å²) in [4.78, 5) is 6.74. The van der Waals surface area contributed by atoms with Gasteiger partial charge >= 0.3 is 6.18 Å². The largest absolute Gasteiger partial charge is 0.451 e. The SMILES string of the molecule is CCCNc1cc(NCCS(C)(=O)=O)nc(C(F)(F)F)n1. The molecule has 1 aromatic heterocycles. The molecule has 0 aliphatic heterocycles. The standard InChI is InChI=1S/C11H17F3N4O2S/c1-3-4-15-8-7-9(16-5-6-21(2,19)20)18-10(17-8)11(12,13)14/h7H,3-6H2,1-2H3,(H2,15,16,17,18). The van der Waals surface area contributed by atoms with E-state index in [0.29, 0.717) is 6.54 Å². The predicted molar refractivity (Wildman–Crippen MR) is 74.0 cm³/mol. The van der Waals surface area contributed by atoms with Crippen molar-refractivity contribution in [2.24, 2.45) is 0 Å². The molecule has 21 heavy (non-hydrogen) atoms. The molecule has 0 aliphatic rings. The highest BCUT2D eigenvalue weighted by Gasteiger charge is 2.35. The van der Waals surface area contributed by atoms with Gasteiger partial charge in [-0.2, -0.15) is 13.2 Å². The van der Waals surface area contributed by atoms with E-state index in [1.54, 1.807) is 0 Å². The Morgan fingerprint density at radius 2 is 1.67 bits per heavy atom. The predicted octanol–water partition coefficient (Wildman–Crippen LogP) is 1.77. The molecule has 1 aromatic rings. The minimum absolute atomic E-state index is 0.0274. The number of hydrogen-bond donors (Lipinski definition) is 2.